The van der Waals surface area contributed by atoms with Gasteiger partial charge in [-0.05, 0) is 37.7 Å². The maximum atomic E-state index is 5.36. The Kier molecular flexibility index (Phi) is 7.21. The highest BCUT2D eigenvalue weighted by atomic mass is 32.4. The molecule has 1 rings (SSSR count). The van der Waals surface area contributed by atoms with Crippen molar-refractivity contribution in [3.8, 4) is 0 Å². The molecule has 1 aliphatic heterocycles. The second kappa shape index (κ2) is 7.86. The van der Waals surface area contributed by atoms with Gasteiger partial charge in [-0.2, -0.15) is 0 Å². The molecule has 0 aromatic heterocycles. The van der Waals surface area contributed by atoms with Crippen LogP contribution in [0.2, 0.25) is 6.04 Å². The van der Waals surface area contributed by atoms with Gasteiger partial charge in [0.25, 0.3) is 0 Å². The van der Waals surface area contributed by atoms with Crippen LogP contribution in [0.1, 0.15) is 12.8 Å². The molecule has 1 fully saturated rings. The average Bonchev–Trinajstić information content (AvgIpc) is 2.83. The van der Waals surface area contributed by atoms with Crippen LogP contribution in [-0.4, -0.2) is 62.4 Å². The molecule has 0 unspecified atom stereocenters. The Bertz CT molecular complexity index is 181. The van der Waals surface area contributed by atoms with Crippen LogP contribution in [0.5, 0.6) is 0 Å². The molecule has 1 saturated heterocycles. The molecular formula is C9H23NO3SSi2. The van der Waals surface area contributed by atoms with Crippen molar-refractivity contribution in [1.82, 2.24) is 4.57 Å². The molecule has 0 amide bonds. The van der Waals surface area contributed by atoms with Gasteiger partial charge in [-0.15, -0.1) is 0 Å². The average molecular weight is 282 g/mol. The summed E-state index contributed by atoms with van der Waals surface area (Å²) in [6.45, 7) is 2.58. The van der Waals surface area contributed by atoms with E-state index in [-0.39, 0.29) is 9.68 Å². The van der Waals surface area contributed by atoms with Gasteiger partial charge in [-0.25, -0.2) is 0 Å². The predicted molar refractivity (Wildman–Crippen MR) is 73.4 cm³/mol. The maximum absolute atomic E-state index is 5.36. The smallest absolute Gasteiger partial charge is 0.369 e. The van der Waals surface area contributed by atoms with Crippen LogP contribution in [0.25, 0.3) is 0 Å². The van der Waals surface area contributed by atoms with Gasteiger partial charge in [-0.3, -0.25) is 0 Å². The number of nitrogens with zero attached hydrogens (tertiary/aromatic N) is 1. The van der Waals surface area contributed by atoms with E-state index in [0.29, 0.717) is 0 Å². The van der Waals surface area contributed by atoms with E-state index in [1.165, 1.54) is 32.0 Å². The number of rotatable bonds is 8. The van der Waals surface area contributed by atoms with Crippen molar-refractivity contribution in [3.05, 3.63) is 0 Å². The predicted octanol–water partition coefficient (Wildman–Crippen LogP) is 0.692. The minimum atomic E-state index is -2.38. The van der Waals surface area contributed by atoms with Gasteiger partial charge >= 0.3 is 7.95 Å². The summed E-state index contributed by atoms with van der Waals surface area (Å²) in [7, 11) is 2.74. The molecule has 0 bridgehead atoms. The van der Waals surface area contributed by atoms with Crippen LogP contribution in [-0.2, 0) is 13.3 Å². The minimum Gasteiger partial charge on any atom is -0.369 e. The molecule has 0 N–H and O–H groups in total. The lowest BCUT2D eigenvalue weighted by atomic mass is 10.4. The lowest BCUT2D eigenvalue weighted by Gasteiger charge is -2.23. The Balaban J connectivity index is 2.12. The summed E-state index contributed by atoms with van der Waals surface area (Å²) in [5, 5.41) is 0. The van der Waals surface area contributed by atoms with Gasteiger partial charge in [0, 0.05) is 21.3 Å². The fourth-order valence-electron chi connectivity index (χ4n) is 1.92. The molecule has 0 spiro atoms. The standard InChI is InChI=1S/C9H23NO3SSi2/c1-11-16(12-2,13-3)14-8-4-6-10-7-5-9-15-10/h4-9,15H2,1-3H3. The monoisotopic (exact) mass is 281 g/mol. The first-order valence-corrected chi connectivity index (χ1v) is 10.8. The fourth-order valence-corrected chi connectivity index (χ4v) is 7.33. The third-order valence-corrected chi connectivity index (χ3v) is 10.4. The van der Waals surface area contributed by atoms with E-state index in [9.17, 15) is 0 Å². The highest BCUT2D eigenvalue weighted by Crippen LogP contribution is 2.23. The summed E-state index contributed by atoms with van der Waals surface area (Å²) in [5.41, 5.74) is 0. The summed E-state index contributed by atoms with van der Waals surface area (Å²) in [5.74, 6) is 1.06. The van der Waals surface area contributed by atoms with Crippen molar-refractivity contribution >= 4 is 28.8 Å². The van der Waals surface area contributed by atoms with Crippen LogP contribution < -0.4 is 0 Å². The summed E-state index contributed by atoms with van der Waals surface area (Å²) in [6, 6.07) is 1.50. The van der Waals surface area contributed by atoms with Crippen molar-refractivity contribution < 1.29 is 13.3 Å². The lowest BCUT2D eigenvalue weighted by molar-refractivity contribution is 0.152. The van der Waals surface area contributed by atoms with Gasteiger partial charge in [0.15, 0.2) is 0 Å². The van der Waals surface area contributed by atoms with E-state index >= 15 is 0 Å². The third kappa shape index (κ3) is 4.48. The number of hydrogen-bond acceptors (Lipinski definition) is 5. The molecule has 0 radical (unpaired) electrons. The molecule has 7 heteroatoms. The van der Waals surface area contributed by atoms with E-state index in [1.54, 1.807) is 32.5 Å². The van der Waals surface area contributed by atoms with Gasteiger partial charge in [0.2, 0.25) is 0 Å². The Labute approximate surface area is 106 Å². The van der Waals surface area contributed by atoms with E-state index in [2.05, 4.69) is 4.57 Å². The fraction of sp³-hybridized carbons (Fsp3) is 1.00. The minimum absolute atomic E-state index is 0.121. The highest BCUT2D eigenvalue weighted by molar-refractivity contribution is 8.26. The molecule has 16 heavy (non-hydrogen) atoms. The SMILES string of the molecule is CO[Si](OC)(OC)SCCCN1CCC[SiH2]1. The van der Waals surface area contributed by atoms with Crippen LogP contribution in [0, 0.1) is 0 Å². The third-order valence-electron chi connectivity index (χ3n) is 2.85. The molecule has 0 aromatic rings. The highest BCUT2D eigenvalue weighted by Gasteiger charge is 2.39. The Morgan fingerprint density at radius 2 is 1.94 bits per heavy atom. The molecule has 4 nitrogen and oxygen atoms in total. The first-order valence-electron chi connectivity index (χ1n) is 5.78. The Morgan fingerprint density at radius 3 is 2.44 bits per heavy atom. The molecule has 0 atom stereocenters. The Hall–Kier alpha value is 0.624. The van der Waals surface area contributed by atoms with E-state index in [1.807, 2.05) is 0 Å². The largest absolute Gasteiger partial charge is 0.572 e. The summed E-state index contributed by atoms with van der Waals surface area (Å²) < 4.78 is 18.7. The van der Waals surface area contributed by atoms with Crippen LogP contribution in [0.3, 0.4) is 0 Å². The topological polar surface area (TPSA) is 30.9 Å². The van der Waals surface area contributed by atoms with Gasteiger partial charge < -0.3 is 17.8 Å². The number of hydrogen-bond donors (Lipinski definition) is 0. The van der Waals surface area contributed by atoms with Crippen LogP contribution in [0.4, 0.5) is 0 Å². The maximum Gasteiger partial charge on any atom is 0.572 e. The first-order chi connectivity index (χ1) is 7.76. The molecule has 0 aliphatic carbocycles. The lowest BCUT2D eigenvalue weighted by Crippen LogP contribution is -2.40. The summed E-state index contributed by atoms with van der Waals surface area (Å²) in [4.78, 5) is 0. The normalized spacial score (nSPS) is 19.7. The molecular weight excluding hydrogens is 258 g/mol. The van der Waals surface area contributed by atoms with Crippen molar-refractivity contribution in [2.45, 2.75) is 18.9 Å². The van der Waals surface area contributed by atoms with Crippen molar-refractivity contribution in [2.75, 3.05) is 40.2 Å². The van der Waals surface area contributed by atoms with Gasteiger partial charge in [-0.1, -0.05) is 11.2 Å². The second-order valence-electron chi connectivity index (χ2n) is 3.86. The molecule has 96 valence electrons. The van der Waals surface area contributed by atoms with E-state index in [4.69, 9.17) is 13.3 Å². The molecule has 1 aliphatic rings. The molecule has 1 heterocycles. The quantitative estimate of drug-likeness (QED) is 0.483. The van der Waals surface area contributed by atoms with Crippen molar-refractivity contribution in [1.29, 1.82) is 0 Å². The zero-order valence-corrected chi connectivity index (χ0v) is 13.8. The van der Waals surface area contributed by atoms with E-state index < -0.39 is 7.95 Å². The van der Waals surface area contributed by atoms with Gasteiger partial charge in [0.1, 0.15) is 0 Å². The zero-order valence-electron chi connectivity index (χ0n) is 10.5. The molecule has 0 aromatic carbocycles. The first kappa shape index (κ1) is 14.7. The van der Waals surface area contributed by atoms with Crippen molar-refractivity contribution in [3.63, 3.8) is 0 Å². The summed E-state index contributed by atoms with van der Waals surface area (Å²) >= 11 is 1.71. The second-order valence-corrected chi connectivity index (χ2v) is 11.2. The Morgan fingerprint density at radius 1 is 1.25 bits per heavy atom. The van der Waals surface area contributed by atoms with Crippen LogP contribution in [0.15, 0.2) is 0 Å². The van der Waals surface area contributed by atoms with Gasteiger partial charge in [0.05, 0.1) is 9.68 Å². The van der Waals surface area contributed by atoms with E-state index in [0.717, 1.165) is 5.75 Å². The van der Waals surface area contributed by atoms with Crippen molar-refractivity contribution in [2.24, 2.45) is 0 Å². The summed E-state index contributed by atoms with van der Waals surface area (Å²) in [6.07, 6.45) is 2.63. The molecule has 0 saturated carbocycles. The van der Waals surface area contributed by atoms with Crippen LogP contribution >= 0.6 is 11.2 Å². The zero-order chi connectivity index (χ0) is 11.9.